The molecule has 0 spiro atoms. The molecule has 0 saturated carbocycles. The van der Waals surface area contributed by atoms with E-state index in [4.69, 9.17) is 4.74 Å². The van der Waals surface area contributed by atoms with E-state index in [0.29, 0.717) is 17.1 Å². The van der Waals surface area contributed by atoms with Gasteiger partial charge < -0.3 is 34.9 Å². The second-order valence-corrected chi connectivity index (χ2v) is 7.14. The summed E-state index contributed by atoms with van der Waals surface area (Å²) in [6.07, 6.45) is 0.755. The molecule has 1 aromatic heterocycles. The molecule has 0 radical (unpaired) electrons. The Morgan fingerprint density at radius 2 is 1.79 bits per heavy atom. The number of aryl methyl sites for hydroxylation is 2. The topological polar surface area (TPSA) is 136 Å². The third-order valence-corrected chi connectivity index (χ3v) is 4.73. The molecule has 2 aromatic carbocycles. The minimum Gasteiger partial charge on any atom is -0.871 e. The predicted octanol–water partition coefficient (Wildman–Crippen LogP) is -4.43. The van der Waals surface area contributed by atoms with Gasteiger partial charge in [0, 0.05) is 25.6 Å². The number of ether oxygens (including phenoxy) is 1. The minimum atomic E-state index is -1.39. The number of carboxylic acids is 1. The summed E-state index contributed by atoms with van der Waals surface area (Å²) in [4.78, 5) is 35.8. The summed E-state index contributed by atoms with van der Waals surface area (Å²) in [5, 5.41) is 27.9. The molecule has 0 aliphatic carbocycles. The number of rotatable bonds is 7. The number of carbonyl (C=O) groups excluding carboxylic acids is 2. The van der Waals surface area contributed by atoms with E-state index in [0.717, 1.165) is 16.2 Å². The predicted molar refractivity (Wildman–Crippen MR) is 113 cm³/mol. The molecule has 3 rings (SSSR count). The van der Waals surface area contributed by atoms with Crippen LogP contribution in [0.25, 0.3) is 0 Å². The summed E-state index contributed by atoms with van der Waals surface area (Å²) in [5.41, 5.74) is 0.243. The zero-order chi connectivity index (χ0) is 23.3. The smallest absolute Gasteiger partial charge is 0.871 e. The van der Waals surface area contributed by atoms with Gasteiger partial charge in [-0.15, -0.1) is 0 Å². The van der Waals surface area contributed by atoms with Gasteiger partial charge in [-0.05, 0) is 36.2 Å². The first kappa shape index (κ1) is 29.8. The van der Waals surface area contributed by atoms with E-state index in [1.54, 1.807) is 30.3 Å². The first-order valence-electron chi connectivity index (χ1n) is 9.72. The Morgan fingerprint density at radius 3 is 2.47 bits per heavy atom. The average molecular weight is 481 g/mol. The van der Waals surface area contributed by atoms with Crippen LogP contribution in [0.4, 0.5) is 10.5 Å². The molecule has 2 amide bonds. The number of anilines is 1. The first-order valence-corrected chi connectivity index (χ1v) is 9.72. The maximum absolute atomic E-state index is 12.5. The summed E-state index contributed by atoms with van der Waals surface area (Å²) < 4.78 is 7.01. The monoisotopic (exact) mass is 481 g/mol. The normalized spacial score (nSPS) is 10.8. The number of urea groups is 1. The molecule has 34 heavy (non-hydrogen) atoms. The van der Waals surface area contributed by atoms with Crippen molar-refractivity contribution in [2.75, 3.05) is 5.32 Å². The molecule has 9 nitrogen and oxygen atoms in total. The average Bonchev–Trinajstić information content (AvgIpc) is 2.75. The third-order valence-electron chi connectivity index (χ3n) is 4.73. The largest absolute Gasteiger partial charge is 1.00 e. The van der Waals surface area contributed by atoms with E-state index in [1.165, 1.54) is 13.2 Å². The Morgan fingerprint density at radius 1 is 1.09 bits per heavy atom. The molecular formula is C23H21N3Na2O6. The zero-order valence-corrected chi connectivity index (χ0v) is 23.5. The molecule has 0 aliphatic heterocycles. The Balaban J connectivity index is 0.00000289. The van der Waals surface area contributed by atoms with Gasteiger partial charge in [-0.2, -0.15) is 0 Å². The van der Waals surface area contributed by atoms with Crippen LogP contribution in [0.15, 0.2) is 65.6 Å². The van der Waals surface area contributed by atoms with Crippen molar-refractivity contribution in [3.05, 3.63) is 82.3 Å². The number of para-hydroxylation sites is 1. The molecule has 0 bridgehead atoms. The van der Waals surface area contributed by atoms with E-state index in [1.807, 2.05) is 25.1 Å². The quantitative estimate of drug-likeness (QED) is 0.327. The summed E-state index contributed by atoms with van der Waals surface area (Å²) in [7, 11) is 1.43. The van der Waals surface area contributed by atoms with Crippen molar-refractivity contribution < 1.29 is 83.7 Å². The van der Waals surface area contributed by atoms with Crippen molar-refractivity contribution in [2.24, 2.45) is 7.05 Å². The van der Waals surface area contributed by atoms with Crippen LogP contribution in [0.2, 0.25) is 0 Å². The second-order valence-electron chi connectivity index (χ2n) is 7.14. The van der Waals surface area contributed by atoms with Crippen LogP contribution in [0.5, 0.6) is 17.2 Å². The molecule has 0 fully saturated rings. The summed E-state index contributed by atoms with van der Waals surface area (Å²) >= 11 is 0. The van der Waals surface area contributed by atoms with Crippen molar-refractivity contribution in [1.29, 1.82) is 0 Å². The van der Waals surface area contributed by atoms with Crippen molar-refractivity contribution in [2.45, 2.75) is 19.4 Å². The number of nitrogens with zero attached hydrogens (tertiary/aromatic N) is 1. The molecule has 0 aliphatic rings. The fourth-order valence-electron chi connectivity index (χ4n) is 3.05. The SMILES string of the molecule is Cc1ccccc1Oc1cccc([C@H](CC(=O)[O-])NC(=O)Nc2c([O-])ccn(C)c2=O)c1.[Na+].[Na+]. The van der Waals surface area contributed by atoms with Crippen molar-refractivity contribution in [3.63, 3.8) is 0 Å². The summed E-state index contributed by atoms with van der Waals surface area (Å²) in [6.45, 7) is 1.89. The Labute approximate surface area is 240 Å². The number of benzene rings is 2. The van der Waals surface area contributed by atoms with Crippen molar-refractivity contribution in [3.8, 4) is 17.2 Å². The molecule has 0 unspecified atom stereocenters. The fourth-order valence-corrected chi connectivity index (χ4v) is 3.05. The Hall–Kier alpha value is -2.27. The minimum absolute atomic E-state index is 0. The first-order chi connectivity index (χ1) is 15.2. The van der Waals surface area contributed by atoms with Gasteiger partial charge in [0.15, 0.2) is 0 Å². The fraction of sp³-hybridized carbons (Fsp3) is 0.174. The molecule has 3 aromatic rings. The van der Waals surface area contributed by atoms with E-state index in [2.05, 4.69) is 10.6 Å². The number of amides is 2. The maximum Gasteiger partial charge on any atom is 1.00 e. The molecule has 1 atom stereocenters. The maximum atomic E-state index is 12.5. The van der Waals surface area contributed by atoms with Gasteiger partial charge in [0.1, 0.15) is 17.2 Å². The molecule has 166 valence electrons. The molecule has 11 heteroatoms. The number of aromatic nitrogens is 1. The van der Waals surface area contributed by atoms with Crippen molar-refractivity contribution in [1.82, 2.24) is 9.88 Å². The van der Waals surface area contributed by atoms with Crippen LogP contribution in [0.1, 0.15) is 23.6 Å². The van der Waals surface area contributed by atoms with E-state index in [-0.39, 0.29) is 59.1 Å². The van der Waals surface area contributed by atoms with Crippen LogP contribution < -0.4 is 90.3 Å². The van der Waals surface area contributed by atoms with Gasteiger partial charge in [-0.25, -0.2) is 4.79 Å². The second kappa shape index (κ2) is 13.6. The van der Waals surface area contributed by atoms with Crippen LogP contribution in [-0.2, 0) is 11.8 Å². The van der Waals surface area contributed by atoms with Crippen molar-refractivity contribution >= 4 is 17.7 Å². The van der Waals surface area contributed by atoms with Gasteiger partial charge in [-0.1, -0.05) is 42.1 Å². The van der Waals surface area contributed by atoms with E-state index < -0.39 is 41.5 Å². The molecular weight excluding hydrogens is 460 g/mol. The van der Waals surface area contributed by atoms with Gasteiger partial charge >= 0.3 is 65.1 Å². The number of carbonyl (C=O) groups is 2. The van der Waals surface area contributed by atoms with Gasteiger partial charge in [0.25, 0.3) is 5.56 Å². The number of nitrogens with one attached hydrogen (secondary N) is 2. The third kappa shape index (κ3) is 7.90. The Kier molecular flexibility index (Phi) is 11.9. The number of hydrogen-bond acceptors (Lipinski definition) is 6. The number of pyridine rings is 1. The zero-order valence-electron chi connectivity index (χ0n) is 19.5. The number of aliphatic carboxylic acids is 1. The molecule has 2 N–H and O–H groups in total. The number of carboxylic acid groups (broad SMARTS) is 1. The van der Waals surface area contributed by atoms with E-state index >= 15 is 0 Å². The Bertz CT molecular complexity index is 1220. The van der Waals surface area contributed by atoms with Gasteiger partial charge in [0.05, 0.1) is 6.04 Å². The standard InChI is InChI=1S/C23H23N3O6.2Na/c1-14-6-3-4-9-19(14)32-16-8-5-7-15(12-16)17(13-20(28)29)24-23(31)25-21-18(27)10-11-26(2)22(21)30;;/h3-12,17,27H,13H2,1-2H3,(H,28,29)(H2,24,25,31);;/q;2*+1/p-2/t17-;;/m0../s1. The van der Waals surface area contributed by atoms with Crippen LogP contribution in [-0.4, -0.2) is 16.6 Å². The van der Waals surface area contributed by atoms with Crippen LogP contribution in [0, 0.1) is 6.92 Å². The van der Waals surface area contributed by atoms with E-state index in [9.17, 15) is 24.6 Å². The summed E-state index contributed by atoms with van der Waals surface area (Å²) in [6, 6.07) is 13.2. The van der Waals surface area contributed by atoms with Gasteiger partial charge in [-0.3, -0.25) is 4.79 Å². The molecule has 1 heterocycles. The summed E-state index contributed by atoms with van der Waals surface area (Å²) in [5.74, 6) is -0.968. The number of hydrogen-bond donors (Lipinski definition) is 2. The van der Waals surface area contributed by atoms with Crippen LogP contribution >= 0.6 is 0 Å². The van der Waals surface area contributed by atoms with Gasteiger partial charge in [0.2, 0.25) is 0 Å². The molecule has 0 saturated heterocycles. The van der Waals surface area contributed by atoms with Crippen LogP contribution in [0.3, 0.4) is 0 Å².